The Morgan fingerprint density at radius 2 is 1.87 bits per heavy atom. The molecule has 0 aliphatic rings. The molecule has 0 saturated carbocycles. The summed E-state index contributed by atoms with van der Waals surface area (Å²) < 4.78 is 0. The number of aromatic nitrogens is 4. The maximum atomic E-state index is 12.3. The first-order valence-corrected chi connectivity index (χ1v) is 11.0. The number of H-pyrrole nitrogens is 1. The van der Waals surface area contributed by atoms with Gasteiger partial charge in [0.2, 0.25) is 11.0 Å². The lowest BCUT2D eigenvalue weighted by molar-refractivity contribution is -0.116. The second-order valence-electron chi connectivity index (χ2n) is 7.62. The number of aryl methyl sites for hydroxylation is 1. The van der Waals surface area contributed by atoms with Crippen molar-refractivity contribution >= 4 is 33.3 Å². The smallest absolute Gasteiger partial charge is 0.258 e. The monoisotopic (exact) mass is 433 g/mol. The van der Waals surface area contributed by atoms with Crippen molar-refractivity contribution in [3.8, 4) is 10.6 Å². The van der Waals surface area contributed by atoms with Gasteiger partial charge in [-0.05, 0) is 30.0 Å². The van der Waals surface area contributed by atoms with Crippen LogP contribution in [0.1, 0.15) is 44.0 Å². The van der Waals surface area contributed by atoms with Crippen molar-refractivity contribution in [1.82, 2.24) is 20.2 Å². The van der Waals surface area contributed by atoms with E-state index in [1.165, 1.54) is 16.9 Å². The van der Waals surface area contributed by atoms with Gasteiger partial charge in [-0.1, -0.05) is 61.6 Å². The van der Waals surface area contributed by atoms with E-state index in [1.807, 2.05) is 30.3 Å². The fourth-order valence-electron chi connectivity index (χ4n) is 3.25. The molecule has 0 radical (unpaired) electrons. The Bertz CT molecular complexity index is 1260. The van der Waals surface area contributed by atoms with E-state index in [2.05, 4.69) is 51.5 Å². The first kappa shape index (κ1) is 20.9. The van der Waals surface area contributed by atoms with Crippen molar-refractivity contribution in [2.24, 2.45) is 0 Å². The molecule has 4 aromatic rings. The molecule has 0 spiro atoms. The van der Waals surface area contributed by atoms with Gasteiger partial charge >= 0.3 is 0 Å². The Morgan fingerprint density at radius 1 is 1.10 bits per heavy atom. The summed E-state index contributed by atoms with van der Waals surface area (Å²) in [7, 11) is 0. The lowest BCUT2D eigenvalue weighted by Crippen LogP contribution is -2.14. The van der Waals surface area contributed by atoms with Gasteiger partial charge in [0.1, 0.15) is 10.8 Å². The summed E-state index contributed by atoms with van der Waals surface area (Å²) >= 11 is 1.35. The highest BCUT2D eigenvalue weighted by Crippen LogP contribution is 2.27. The molecule has 8 heteroatoms. The molecule has 0 unspecified atom stereocenters. The van der Waals surface area contributed by atoms with Crippen LogP contribution in [0, 0.1) is 0 Å². The van der Waals surface area contributed by atoms with E-state index in [0.29, 0.717) is 47.0 Å². The number of hydrogen-bond donors (Lipinski definition) is 2. The molecule has 0 saturated heterocycles. The predicted molar refractivity (Wildman–Crippen MR) is 123 cm³/mol. The molecule has 31 heavy (non-hydrogen) atoms. The Labute approximate surface area is 183 Å². The zero-order valence-electron chi connectivity index (χ0n) is 17.4. The average Bonchev–Trinajstić information content (AvgIpc) is 3.22. The molecule has 2 N–H and O–H groups in total. The predicted octanol–water partition coefficient (Wildman–Crippen LogP) is 4.53. The van der Waals surface area contributed by atoms with Crippen LogP contribution in [0.25, 0.3) is 21.5 Å². The maximum absolute atomic E-state index is 12.3. The molecule has 2 aromatic carbocycles. The van der Waals surface area contributed by atoms with Gasteiger partial charge in [0.05, 0.1) is 10.9 Å². The van der Waals surface area contributed by atoms with Crippen LogP contribution in [0.5, 0.6) is 0 Å². The maximum Gasteiger partial charge on any atom is 0.258 e. The zero-order chi connectivity index (χ0) is 21.8. The number of rotatable bonds is 7. The second kappa shape index (κ2) is 9.18. The first-order chi connectivity index (χ1) is 15.0. The van der Waals surface area contributed by atoms with E-state index in [0.717, 1.165) is 10.6 Å². The van der Waals surface area contributed by atoms with Crippen LogP contribution in [-0.2, 0) is 11.2 Å². The van der Waals surface area contributed by atoms with Crippen LogP contribution in [0.4, 0.5) is 5.13 Å². The molecule has 4 rings (SSSR count). The molecule has 2 aromatic heterocycles. The minimum atomic E-state index is -0.159. The van der Waals surface area contributed by atoms with Crippen molar-refractivity contribution in [2.75, 3.05) is 5.32 Å². The molecule has 0 atom stereocenters. The molecular formula is C23H23N5O2S. The minimum Gasteiger partial charge on any atom is -0.310 e. The van der Waals surface area contributed by atoms with Crippen LogP contribution in [0.15, 0.2) is 53.3 Å². The summed E-state index contributed by atoms with van der Waals surface area (Å²) in [5, 5.41) is 12.9. The van der Waals surface area contributed by atoms with E-state index < -0.39 is 0 Å². The highest BCUT2D eigenvalue weighted by atomic mass is 32.1. The fraction of sp³-hybridized carbons (Fsp3) is 0.261. The highest BCUT2D eigenvalue weighted by molar-refractivity contribution is 7.18. The largest absolute Gasteiger partial charge is 0.310 e. The first-order valence-electron chi connectivity index (χ1n) is 10.2. The van der Waals surface area contributed by atoms with Crippen LogP contribution in [0.2, 0.25) is 0 Å². The van der Waals surface area contributed by atoms with Crippen molar-refractivity contribution < 1.29 is 4.79 Å². The summed E-state index contributed by atoms with van der Waals surface area (Å²) in [6, 6.07) is 15.4. The number of amides is 1. The Kier molecular flexibility index (Phi) is 6.18. The minimum absolute atomic E-state index is 0.138. The Hall–Kier alpha value is -3.39. The van der Waals surface area contributed by atoms with Crippen LogP contribution in [0.3, 0.4) is 0 Å². The van der Waals surface area contributed by atoms with Crippen molar-refractivity contribution in [2.45, 2.75) is 39.0 Å². The highest BCUT2D eigenvalue weighted by Gasteiger charge is 2.11. The molecule has 0 aliphatic carbocycles. The summed E-state index contributed by atoms with van der Waals surface area (Å²) in [5.41, 5.74) is 2.75. The Morgan fingerprint density at radius 3 is 2.65 bits per heavy atom. The number of para-hydroxylation sites is 1. The lowest BCUT2D eigenvalue weighted by Gasteiger charge is -2.05. The van der Waals surface area contributed by atoms with Gasteiger partial charge in [0, 0.05) is 18.4 Å². The lowest BCUT2D eigenvalue weighted by atomic mass is 10.0. The van der Waals surface area contributed by atoms with E-state index >= 15 is 0 Å². The van der Waals surface area contributed by atoms with Gasteiger partial charge in [0.15, 0.2) is 0 Å². The third-order valence-electron chi connectivity index (χ3n) is 4.97. The SMILES string of the molecule is CC(C)c1ccc(-c2nnc(NC(=O)CCCc3nc4ccccc4c(=O)[nH]3)s2)cc1. The molecule has 7 nitrogen and oxygen atoms in total. The van der Waals surface area contributed by atoms with Gasteiger partial charge in [-0.15, -0.1) is 10.2 Å². The van der Waals surface area contributed by atoms with E-state index in [4.69, 9.17) is 0 Å². The summed E-state index contributed by atoms with van der Waals surface area (Å²) in [6.45, 7) is 4.31. The number of hydrogen-bond acceptors (Lipinski definition) is 6. The second-order valence-corrected chi connectivity index (χ2v) is 8.60. The van der Waals surface area contributed by atoms with Crippen LogP contribution in [-0.4, -0.2) is 26.1 Å². The number of benzene rings is 2. The van der Waals surface area contributed by atoms with Crippen molar-refractivity contribution in [1.29, 1.82) is 0 Å². The number of carbonyl (C=O) groups excluding carboxylic acids is 1. The fourth-order valence-corrected chi connectivity index (χ4v) is 4.02. The van der Waals surface area contributed by atoms with Crippen LogP contribution < -0.4 is 10.9 Å². The third kappa shape index (κ3) is 5.03. The van der Waals surface area contributed by atoms with Gasteiger partial charge in [-0.25, -0.2) is 4.98 Å². The summed E-state index contributed by atoms with van der Waals surface area (Å²) in [5.74, 6) is 0.918. The summed E-state index contributed by atoms with van der Waals surface area (Å²) in [6.07, 6.45) is 1.38. The van der Waals surface area contributed by atoms with Crippen molar-refractivity contribution in [3.05, 3.63) is 70.3 Å². The van der Waals surface area contributed by atoms with Gasteiger partial charge in [-0.2, -0.15) is 0 Å². The number of carbonyl (C=O) groups is 1. The molecule has 2 heterocycles. The Balaban J connectivity index is 1.32. The zero-order valence-corrected chi connectivity index (χ0v) is 18.2. The standard InChI is InChI=1S/C23H23N5O2S/c1-14(2)15-10-12-16(13-11-15)22-27-28-23(31-22)26-20(29)9-5-8-19-24-18-7-4-3-6-17(18)21(30)25-19/h3-4,6-7,10-14H,5,8-9H2,1-2H3,(H,24,25,30)(H,26,28,29). The van der Waals surface area contributed by atoms with Gasteiger partial charge < -0.3 is 10.3 Å². The summed E-state index contributed by atoms with van der Waals surface area (Å²) in [4.78, 5) is 31.7. The number of nitrogens with zero attached hydrogens (tertiary/aromatic N) is 3. The van der Waals surface area contributed by atoms with Crippen LogP contribution >= 0.6 is 11.3 Å². The number of nitrogens with one attached hydrogen (secondary N) is 2. The molecule has 0 bridgehead atoms. The third-order valence-corrected chi connectivity index (χ3v) is 5.86. The van der Waals surface area contributed by atoms with E-state index in [9.17, 15) is 9.59 Å². The normalized spacial score (nSPS) is 11.2. The van der Waals surface area contributed by atoms with Gasteiger partial charge in [-0.3, -0.25) is 9.59 Å². The topological polar surface area (TPSA) is 101 Å². The van der Waals surface area contributed by atoms with Crippen molar-refractivity contribution in [3.63, 3.8) is 0 Å². The van der Waals surface area contributed by atoms with Gasteiger partial charge in [0.25, 0.3) is 5.56 Å². The number of anilines is 1. The molecule has 1 amide bonds. The number of fused-ring (bicyclic) bond motifs is 1. The van der Waals surface area contributed by atoms with E-state index in [1.54, 1.807) is 6.07 Å². The quantitative estimate of drug-likeness (QED) is 0.446. The van der Waals surface area contributed by atoms with E-state index in [-0.39, 0.29) is 11.5 Å². The molecule has 158 valence electrons. The molecular weight excluding hydrogens is 410 g/mol. The molecule has 0 aliphatic heterocycles. The number of aromatic amines is 1. The average molecular weight is 434 g/mol. The molecule has 0 fully saturated rings.